The van der Waals surface area contributed by atoms with Crippen molar-refractivity contribution in [3.8, 4) is 0 Å². The minimum Gasteiger partial charge on any atom is -0.338 e. The van der Waals surface area contributed by atoms with Gasteiger partial charge in [0, 0.05) is 21.9 Å². The first kappa shape index (κ1) is 18.8. The zero-order valence-corrected chi connectivity index (χ0v) is 17.0. The molecule has 1 atom stereocenters. The lowest BCUT2D eigenvalue weighted by atomic mass is 9.87. The van der Waals surface area contributed by atoms with Crippen LogP contribution in [0.4, 0.5) is 11.4 Å². The van der Waals surface area contributed by atoms with Crippen LogP contribution in [0.25, 0.3) is 0 Å². The van der Waals surface area contributed by atoms with Crippen molar-refractivity contribution in [3.63, 3.8) is 0 Å². The van der Waals surface area contributed by atoms with E-state index in [-0.39, 0.29) is 5.41 Å². The Bertz CT molecular complexity index is 675. The van der Waals surface area contributed by atoms with Crippen LogP contribution in [0.2, 0.25) is 0 Å². The van der Waals surface area contributed by atoms with Crippen LogP contribution in [-0.4, -0.2) is 6.04 Å². The van der Waals surface area contributed by atoms with E-state index >= 15 is 0 Å². The van der Waals surface area contributed by atoms with Gasteiger partial charge in [-0.15, -0.1) is 6.58 Å². The van der Waals surface area contributed by atoms with Crippen LogP contribution in [0.1, 0.15) is 45.2 Å². The Kier molecular flexibility index (Phi) is 5.92. The maximum absolute atomic E-state index is 3.92. The molecule has 0 bridgehead atoms. The van der Waals surface area contributed by atoms with E-state index in [9.17, 15) is 0 Å². The standard InChI is InChI=1S/C22H28BrN/c1-7-8-17(3)24(21-14-16(2)13-19(23)15-21)20-11-9-18(10-12-20)22(4,5)6/h7,9-15,17H,1,8H2,2-6H3. The summed E-state index contributed by atoms with van der Waals surface area (Å²) in [7, 11) is 0. The molecule has 0 amide bonds. The van der Waals surface area contributed by atoms with Gasteiger partial charge in [0.25, 0.3) is 0 Å². The topological polar surface area (TPSA) is 3.24 Å². The van der Waals surface area contributed by atoms with E-state index in [1.165, 1.54) is 22.5 Å². The molecule has 128 valence electrons. The number of anilines is 2. The quantitative estimate of drug-likeness (QED) is 0.493. The lowest BCUT2D eigenvalue weighted by molar-refractivity contribution is 0.590. The largest absolute Gasteiger partial charge is 0.338 e. The van der Waals surface area contributed by atoms with Crippen molar-refractivity contribution in [1.82, 2.24) is 0 Å². The van der Waals surface area contributed by atoms with E-state index in [0.29, 0.717) is 6.04 Å². The second-order valence-electron chi connectivity index (χ2n) is 7.53. The molecule has 1 unspecified atom stereocenters. The van der Waals surface area contributed by atoms with E-state index < -0.39 is 0 Å². The molecule has 0 aliphatic rings. The molecular weight excluding hydrogens is 358 g/mol. The molecule has 0 aliphatic heterocycles. The number of rotatable bonds is 5. The number of aryl methyl sites for hydroxylation is 1. The Morgan fingerprint density at radius 1 is 1.08 bits per heavy atom. The van der Waals surface area contributed by atoms with Gasteiger partial charge in [0.1, 0.15) is 0 Å². The highest BCUT2D eigenvalue weighted by Gasteiger charge is 2.18. The fourth-order valence-corrected chi connectivity index (χ4v) is 3.58. The maximum Gasteiger partial charge on any atom is 0.0427 e. The van der Waals surface area contributed by atoms with Crippen molar-refractivity contribution in [1.29, 1.82) is 0 Å². The van der Waals surface area contributed by atoms with Crippen LogP contribution in [0.3, 0.4) is 0 Å². The first-order chi connectivity index (χ1) is 11.2. The molecule has 2 aromatic rings. The Morgan fingerprint density at radius 3 is 2.21 bits per heavy atom. The van der Waals surface area contributed by atoms with Crippen LogP contribution in [0.15, 0.2) is 59.6 Å². The zero-order valence-electron chi connectivity index (χ0n) is 15.4. The Hall–Kier alpha value is -1.54. The fraction of sp³-hybridized carbons (Fsp3) is 0.364. The molecule has 0 radical (unpaired) electrons. The van der Waals surface area contributed by atoms with Gasteiger partial charge in [-0.1, -0.05) is 54.9 Å². The Balaban J connectivity index is 2.48. The molecule has 0 N–H and O–H groups in total. The fourth-order valence-electron chi connectivity index (χ4n) is 2.98. The van der Waals surface area contributed by atoms with E-state index in [2.05, 4.69) is 104 Å². The van der Waals surface area contributed by atoms with Crippen molar-refractivity contribution in [3.05, 3.63) is 70.7 Å². The zero-order chi connectivity index (χ0) is 17.9. The predicted octanol–water partition coefficient (Wildman–Crippen LogP) is 7.16. The molecule has 24 heavy (non-hydrogen) atoms. The van der Waals surface area contributed by atoms with Crippen molar-refractivity contribution >= 4 is 27.3 Å². The molecule has 2 heteroatoms. The lowest BCUT2D eigenvalue weighted by Gasteiger charge is -2.32. The second kappa shape index (κ2) is 7.57. The van der Waals surface area contributed by atoms with E-state index in [1.807, 2.05) is 6.08 Å². The molecule has 0 heterocycles. The molecule has 2 rings (SSSR count). The third-order valence-electron chi connectivity index (χ3n) is 4.27. The van der Waals surface area contributed by atoms with Gasteiger partial charge in [0.2, 0.25) is 0 Å². The first-order valence-corrected chi connectivity index (χ1v) is 9.29. The highest BCUT2D eigenvalue weighted by molar-refractivity contribution is 9.10. The predicted molar refractivity (Wildman–Crippen MR) is 110 cm³/mol. The van der Waals surface area contributed by atoms with Crippen LogP contribution < -0.4 is 4.90 Å². The third-order valence-corrected chi connectivity index (χ3v) is 4.72. The molecule has 0 aliphatic carbocycles. The van der Waals surface area contributed by atoms with Crippen molar-refractivity contribution in [2.45, 2.75) is 52.5 Å². The van der Waals surface area contributed by atoms with Crippen molar-refractivity contribution < 1.29 is 0 Å². The molecular formula is C22H28BrN. The summed E-state index contributed by atoms with van der Waals surface area (Å²) in [4.78, 5) is 2.39. The average Bonchev–Trinajstić information content (AvgIpc) is 2.46. The molecule has 0 saturated carbocycles. The smallest absolute Gasteiger partial charge is 0.0427 e. The van der Waals surface area contributed by atoms with Gasteiger partial charge in [-0.25, -0.2) is 0 Å². The first-order valence-electron chi connectivity index (χ1n) is 8.50. The van der Waals surface area contributed by atoms with Crippen LogP contribution in [0.5, 0.6) is 0 Å². The van der Waals surface area contributed by atoms with E-state index in [1.54, 1.807) is 0 Å². The number of halogens is 1. The van der Waals surface area contributed by atoms with E-state index in [0.717, 1.165) is 10.9 Å². The van der Waals surface area contributed by atoms with Gasteiger partial charge in [0.05, 0.1) is 0 Å². The summed E-state index contributed by atoms with van der Waals surface area (Å²) in [5.41, 5.74) is 5.20. The van der Waals surface area contributed by atoms with Gasteiger partial charge in [-0.2, -0.15) is 0 Å². The normalized spacial score (nSPS) is 12.8. The van der Waals surface area contributed by atoms with Crippen LogP contribution in [0, 0.1) is 6.92 Å². The molecule has 1 nitrogen and oxygen atoms in total. The number of benzene rings is 2. The van der Waals surface area contributed by atoms with Gasteiger partial charge in [-0.05, 0) is 67.1 Å². The minimum atomic E-state index is 0.169. The second-order valence-corrected chi connectivity index (χ2v) is 8.44. The maximum atomic E-state index is 3.92. The van der Waals surface area contributed by atoms with Crippen LogP contribution >= 0.6 is 15.9 Å². The summed E-state index contributed by atoms with van der Waals surface area (Å²) >= 11 is 3.63. The highest BCUT2D eigenvalue weighted by Crippen LogP contribution is 2.33. The monoisotopic (exact) mass is 385 g/mol. The molecule has 0 spiro atoms. The minimum absolute atomic E-state index is 0.169. The van der Waals surface area contributed by atoms with Crippen molar-refractivity contribution in [2.75, 3.05) is 4.90 Å². The molecule has 0 aromatic heterocycles. The highest BCUT2D eigenvalue weighted by atomic mass is 79.9. The van der Waals surface area contributed by atoms with E-state index in [4.69, 9.17) is 0 Å². The Labute approximate surface area is 155 Å². The lowest BCUT2D eigenvalue weighted by Crippen LogP contribution is -2.28. The number of nitrogens with zero attached hydrogens (tertiary/aromatic N) is 1. The molecule has 2 aromatic carbocycles. The van der Waals surface area contributed by atoms with Gasteiger partial charge in [0.15, 0.2) is 0 Å². The third kappa shape index (κ3) is 4.51. The summed E-state index contributed by atoms with van der Waals surface area (Å²) in [5, 5.41) is 0. The number of hydrogen-bond donors (Lipinski definition) is 0. The van der Waals surface area contributed by atoms with Gasteiger partial charge < -0.3 is 4.90 Å². The summed E-state index contributed by atoms with van der Waals surface area (Å²) in [6, 6.07) is 15.9. The summed E-state index contributed by atoms with van der Waals surface area (Å²) < 4.78 is 1.11. The molecule has 0 fully saturated rings. The van der Waals surface area contributed by atoms with Gasteiger partial charge >= 0.3 is 0 Å². The summed E-state index contributed by atoms with van der Waals surface area (Å²) in [6.07, 6.45) is 2.93. The molecule has 0 saturated heterocycles. The Morgan fingerprint density at radius 2 is 1.71 bits per heavy atom. The summed E-state index contributed by atoms with van der Waals surface area (Å²) in [6.45, 7) is 15.0. The SMILES string of the molecule is C=CCC(C)N(c1ccc(C(C)(C)C)cc1)c1cc(C)cc(Br)c1. The average molecular weight is 386 g/mol. The summed E-state index contributed by atoms with van der Waals surface area (Å²) in [5.74, 6) is 0. The number of hydrogen-bond acceptors (Lipinski definition) is 1. The van der Waals surface area contributed by atoms with Crippen molar-refractivity contribution in [2.24, 2.45) is 0 Å². The van der Waals surface area contributed by atoms with Crippen LogP contribution in [-0.2, 0) is 5.41 Å². The van der Waals surface area contributed by atoms with Gasteiger partial charge in [-0.3, -0.25) is 0 Å².